The molecule has 0 bridgehead atoms. The van der Waals surface area contributed by atoms with Crippen LogP contribution in [0, 0.1) is 5.82 Å². The largest absolute Gasteiger partial charge is 0.373 e. The van der Waals surface area contributed by atoms with Gasteiger partial charge in [-0.05, 0) is 39.1 Å². The third kappa shape index (κ3) is 3.35. The first-order valence-electron chi connectivity index (χ1n) is 5.21. The van der Waals surface area contributed by atoms with Crippen molar-refractivity contribution in [2.45, 2.75) is 19.4 Å². The second-order valence-electron chi connectivity index (χ2n) is 4.59. The van der Waals surface area contributed by atoms with Crippen LogP contribution in [0.15, 0.2) is 18.2 Å². The maximum atomic E-state index is 13.0. The first-order valence-corrected chi connectivity index (χ1v) is 5.58. The van der Waals surface area contributed by atoms with Gasteiger partial charge in [0.2, 0.25) is 0 Å². The fraction of sp³-hybridized carbons (Fsp3) is 0.500. The third-order valence-electron chi connectivity index (χ3n) is 2.65. The summed E-state index contributed by atoms with van der Waals surface area (Å²) in [6, 6.07) is 4.76. The van der Waals surface area contributed by atoms with E-state index in [4.69, 9.17) is 11.6 Å². The Hall–Kier alpha value is -0.800. The topological polar surface area (TPSA) is 15.3 Å². The maximum Gasteiger partial charge on any atom is 0.141 e. The number of nitrogens with one attached hydrogen (secondary N) is 1. The van der Waals surface area contributed by atoms with Gasteiger partial charge in [-0.2, -0.15) is 0 Å². The molecule has 1 N–H and O–H groups in total. The maximum absolute atomic E-state index is 13.0. The first-order chi connectivity index (χ1) is 7.35. The molecule has 1 rings (SSSR count). The van der Waals surface area contributed by atoms with Crippen LogP contribution in [-0.4, -0.2) is 26.2 Å². The molecule has 2 nitrogen and oxygen atoms in total. The van der Waals surface area contributed by atoms with Gasteiger partial charge in [-0.1, -0.05) is 11.6 Å². The number of halogens is 2. The summed E-state index contributed by atoms with van der Waals surface area (Å²) in [5.74, 6) is -0.383. The van der Waals surface area contributed by atoms with Crippen LogP contribution < -0.4 is 10.2 Å². The Kier molecular flexibility index (Phi) is 4.16. The zero-order valence-corrected chi connectivity index (χ0v) is 10.9. The average Bonchev–Trinajstić information content (AvgIpc) is 2.21. The van der Waals surface area contributed by atoms with Crippen molar-refractivity contribution in [2.24, 2.45) is 0 Å². The van der Waals surface area contributed by atoms with E-state index in [-0.39, 0.29) is 16.4 Å². The van der Waals surface area contributed by atoms with Gasteiger partial charge in [0, 0.05) is 24.8 Å². The Labute approximate surface area is 101 Å². The van der Waals surface area contributed by atoms with Crippen LogP contribution in [0.2, 0.25) is 5.02 Å². The Balaban J connectivity index is 2.81. The summed E-state index contributed by atoms with van der Waals surface area (Å²) in [6.07, 6.45) is 0. The highest BCUT2D eigenvalue weighted by atomic mass is 35.5. The van der Waals surface area contributed by atoms with Crippen LogP contribution in [0.1, 0.15) is 13.8 Å². The Morgan fingerprint density at radius 1 is 1.44 bits per heavy atom. The van der Waals surface area contributed by atoms with Crippen molar-refractivity contribution < 1.29 is 4.39 Å². The fourth-order valence-electron chi connectivity index (χ4n) is 1.49. The van der Waals surface area contributed by atoms with Gasteiger partial charge in [0.05, 0.1) is 5.02 Å². The second-order valence-corrected chi connectivity index (χ2v) is 5.00. The van der Waals surface area contributed by atoms with Crippen LogP contribution in [0.5, 0.6) is 0 Å². The molecule has 0 spiro atoms. The van der Waals surface area contributed by atoms with E-state index >= 15 is 0 Å². The molecule has 0 fully saturated rings. The highest BCUT2D eigenvalue weighted by Crippen LogP contribution is 2.22. The summed E-state index contributed by atoms with van der Waals surface area (Å²) in [6.45, 7) is 5.02. The number of hydrogen-bond donors (Lipinski definition) is 1. The highest BCUT2D eigenvalue weighted by Gasteiger charge is 2.17. The van der Waals surface area contributed by atoms with Crippen molar-refractivity contribution in [1.82, 2.24) is 5.32 Å². The highest BCUT2D eigenvalue weighted by molar-refractivity contribution is 6.31. The van der Waals surface area contributed by atoms with Gasteiger partial charge >= 0.3 is 0 Å². The summed E-state index contributed by atoms with van der Waals surface area (Å²) < 4.78 is 13.0. The number of hydrogen-bond acceptors (Lipinski definition) is 2. The predicted molar refractivity (Wildman–Crippen MR) is 67.8 cm³/mol. The van der Waals surface area contributed by atoms with E-state index in [1.807, 2.05) is 19.0 Å². The minimum absolute atomic E-state index is 0.00435. The van der Waals surface area contributed by atoms with Crippen LogP contribution in [-0.2, 0) is 0 Å². The average molecular weight is 245 g/mol. The summed E-state index contributed by atoms with van der Waals surface area (Å²) in [5.41, 5.74) is 0.907. The minimum Gasteiger partial charge on any atom is -0.373 e. The molecule has 0 unspecified atom stereocenters. The number of likely N-dealkylation sites (N-methyl/N-ethyl adjacent to an activating group) is 2. The summed E-state index contributed by atoms with van der Waals surface area (Å²) in [5, 5.41) is 3.38. The zero-order valence-electron chi connectivity index (χ0n) is 10.1. The van der Waals surface area contributed by atoms with Gasteiger partial charge in [-0.3, -0.25) is 0 Å². The van der Waals surface area contributed by atoms with E-state index in [9.17, 15) is 4.39 Å². The molecule has 0 aliphatic heterocycles. The van der Waals surface area contributed by atoms with Crippen molar-refractivity contribution in [3.05, 3.63) is 29.0 Å². The minimum atomic E-state index is -0.383. The van der Waals surface area contributed by atoms with Crippen LogP contribution in [0.25, 0.3) is 0 Å². The quantitative estimate of drug-likeness (QED) is 0.876. The molecule has 0 heterocycles. The number of nitrogens with zero attached hydrogens (tertiary/aromatic N) is 1. The van der Waals surface area contributed by atoms with E-state index in [0.717, 1.165) is 12.2 Å². The van der Waals surface area contributed by atoms with Crippen LogP contribution in [0.4, 0.5) is 10.1 Å². The molecule has 0 aliphatic rings. The van der Waals surface area contributed by atoms with E-state index in [2.05, 4.69) is 19.2 Å². The molecule has 0 saturated carbocycles. The van der Waals surface area contributed by atoms with Crippen molar-refractivity contribution in [3.63, 3.8) is 0 Å². The lowest BCUT2D eigenvalue weighted by Crippen LogP contribution is -2.46. The summed E-state index contributed by atoms with van der Waals surface area (Å²) >= 11 is 5.75. The molecule has 4 heteroatoms. The van der Waals surface area contributed by atoms with Crippen molar-refractivity contribution >= 4 is 17.3 Å². The molecule has 90 valence electrons. The van der Waals surface area contributed by atoms with Gasteiger partial charge in [0.1, 0.15) is 5.82 Å². The molecule has 0 aliphatic carbocycles. The van der Waals surface area contributed by atoms with Gasteiger partial charge in [0.15, 0.2) is 0 Å². The lowest BCUT2D eigenvalue weighted by atomic mass is 10.1. The zero-order chi connectivity index (χ0) is 12.3. The first kappa shape index (κ1) is 13.3. The number of anilines is 1. The summed E-state index contributed by atoms with van der Waals surface area (Å²) in [4.78, 5) is 2.04. The molecule has 0 atom stereocenters. The smallest absolute Gasteiger partial charge is 0.141 e. The van der Waals surface area contributed by atoms with Crippen molar-refractivity contribution in [1.29, 1.82) is 0 Å². The molecule has 0 radical (unpaired) electrons. The Morgan fingerprint density at radius 2 is 2.06 bits per heavy atom. The van der Waals surface area contributed by atoms with Crippen molar-refractivity contribution in [2.75, 3.05) is 25.5 Å². The predicted octanol–water partition coefficient (Wildman–Crippen LogP) is 2.91. The number of rotatable bonds is 4. The SMILES string of the molecule is CNC(C)(C)CN(C)c1ccc(F)c(Cl)c1. The molecular formula is C12H18ClFN2. The van der Waals surface area contributed by atoms with Gasteiger partial charge < -0.3 is 10.2 Å². The standard InChI is InChI=1S/C12H18ClFN2/c1-12(2,15-3)8-16(4)9-5-6-11(14)10(13)7-9/h5-7,15H,8H2,1-4H3. The van der Waals surface area contributed by atoms with E-state index in [0.29, 0.717) is 0 Å². The second kappa shape index (κ2) is 5.02. The van der Waals surface area contributed by atoms with Gasteiger partial charge in [0.25, 0.3) is 0 Å². The van der Waals surface area contributed by atoms with Gasteiger partial charge in [-0.25, -0.2) is 4.39 Å². The number of benzene rings is 1. The normalized spacial score (nSPS) is 11.6. The molecule has 0 amide bonds. The lowest BCUT2D eigenvalue weighted by molar-refractivity contribution is 0.428. The molecular weight excluding hydrogens is 227 g/mol. The Bertz CT molecular complexity index is 366. The van der Waals surface area contributed by atoms with E-state index < -0.39 is 0 Å². The molecule has 16 heavy (non-hydrogen) atoms. The fourth-order valence-corrected chi connectivity index (χ4v) is 1.66. The van der Waals surface area contributed by atoms with E-state index in [1.165, 1.54) is 6.07 Å². The van der Waals surface area contributed by atoms with Crippen LogP contribution >= 0.6 is 11.6 Å². The molecule has 0 aromatic heterocycles. The third-order valence-corrected chi connectivity index (χ3v) is 2.94. The summed E-state index contributed by atoms with van der Waals surface area (Å²) in [7, 11) is 3.88. The van der Waals surface area contributed by atoms with Crippen LogP contribution in [0.3, 0.4) is 0 Å². The Morgan fingerprint density at radius 3 is 2.56 bits per heavy atom. The monoisotopic (exact) mass is 244 g/mol. The molecule has 1 aromatic carbocycles. The molecule has 0 saturated heterocycles. The van der Waals surface area contributed by atoms with Gasteiger partial charge in [-0.15, -0.1) is 0 Å². The lowest BCUT2D eigenvalue weighted by Gasteiger charge is -2.31. The molecule has 1 aromatic rings. The van der Waals surface area contributed by atoms with E-state index in [1.54, 1.807) is 12.1 Å². The van der Waals surface area contributed by atoms with Crippen molar-refractivity contribution in [3.8, 4) is 0 Å².